The Morgan fingerprint density at radius 3 is 2.71 bits per heavy atom. The topological polar surface area (TPSA) is 87.3 Å². The number of amides is 1. The fraction of sp³-hybridized carbons (Fsp3) is 0.462. The highest BCUT2D eigenvalue weighted by atomic mass is 35.5. The summed E-state index contributed by atoms with van der Waals surface area (Å²) in [4.78, 5) is 11.3. The van der Waals surface area contributed by atoms with Crippen LogP contribution in [0.5, 0.6) is 0 Å². The Morgan fingerprint density at radius 1 is 1.33 bits per heavy atom. The highest BCUT2D eigenvalue weighted by Gasteiger charge is 2.24. The summed E-state index contributed by atoms with van der Waals surface area (Å²) in [5, 5.41) is 5.85. The molecule has 0 saturated heterocycles. The van der Waals surface area contributed by atoms with Crippen molar-refractivity contribution in [2.75, 3.05) is 18.4 Å². The molecule has 3 N–H and O–H groups in total. The molecular formula is C13H18ClN3O3S. The number of hydrogen-bond donors (Lipinski definition) is 3. The summed E-state index contributed by atoms with van der Waals surface area (Å²) in [6.07, 6.45) is 0.171. The molecule has 1 aromatic rings. The Balaban J connectivity index is 2.13. The predicted molar refractivity (Wildman–Crippen MR) is 82.1 cm³/mol. The molecule has 0 aliphatic carbocycles. The van der Waals surface area contributed by atoms with Crippen LogP contribution in [0.4, 0.5) is 5.69 Å². The molecule has 0 radical (unpaired) electrons. The maximum Gasteiger partial charge on any atom is 0.242 e. The second kappa shape index (κ2) is 6.31. The Hall–Kier alpha value is -1.15. The summed E-state index contributed by atoms with van der Waals surface area (Å²) in [5.74, 6) is -0.162. The molecule has 1 aromatic carbocycles. The minimum Gasteiger partial charge on any atom is -0.325 e. The van der Waals surface area contributed by atoms with Crippen molar-refractivity contribution in [3.05, 3.63) is 22.7 Å². The molecule has 0 bridgehead atoms. The summed E-state index contributed by atoms with van der Waals surface area (Å²) in [5.41, 5.74) is 1.22. The summed E-state index contributed by atoms with van der Waals surface area (Å²) >= 11 is 6.02. The first kappa shape index (κ1) is 16.2. The highest BCUT2D eigenvalue weighted by Crippen LogP contribution is 2.31. The van der Waals surface area contributed by atoms with Crippen LogP contribution in [0.25, 0.3) is 0 Å². The van der Waals surface area contributed by atoms with Crippen molar-refractivity contribution < 1.29 is 13.2 Å². The molecule has 0 fully saturated rings. The first-order chi connectivity index (χ1) is 9.79. The molecule has 0 spiro atoms. The molecule has 116 valence electrons. The largest absolute Gasteiger partial charge is 0.325 e. The molecule has 2 rings (SSSR count). The fourth-order valence-corrected chi connectivity index (χ4v) is 3.66. The zero-order valence-corrected chi connectivity index (χ0v) is 13.4. The van der Waals surface area contributed by atoms with Crippen LogP contribution in [0, 0.1) is 0 Å². The number of anilines is 1. The lowest BCUT2D eigenvalue weighted by atomic mass is 10.2. The number of benzene rings is 1. The summed E-state index contributed by atoms with van der Waals surface area (Å²) in [7, 11) is -3.69. The van der Waals surface area contributed by atoms with Crippen molar-refractivity contribution >= 4 is 33.2 Å². The number of hydrogen-bond acceptors (Lipinski definition) is 4. The van der Waals surface area contributed by atoms with Crippen LogP contribution in [0.1, 0.15) is 19.4 Å². The lowest BCUT2D eigenvalue weighted by Crippen LogP contribution is -2.34. The molecule has 8 heteroatoms. The van der Waals surface area contributed by atoms with E-state index in [1.807, 2.05) is 13.8 Å². The van der Waals surface area contributed by atoms with Gasteiger partial charge >= 0.3 is 0 Å². The molecule has 0 saturated carbocycles. The summed E-state index contributed by atoms with van der Waals surface area (Å²) in [6, 6.07) is 3.21. The van der Waals surface area contributed by atoms with E-state index in [0.29, 0.717) is 17.8 Å². The van der Waals surface area contributed by atoms with Gasteiger partial charge in [-0.2, -0.15) is 0 Å². The van der Waals surface area contributed by atoms with Gasteiger partial charge in [-0.05, 0) is 17.7 Å². The van der Waals surface area contributed by atoms with Crippen molar-refractivity contribution in [2.45, 2.75) is 31.2 Å². The Kier molecular flexibility index (Phi) is 4.88. The highest BCUT2D eigenvalue weighted by molar-refractivity contribution is 7.89. The average Bonchev–Trinajstić information content (AvgIpc) is 2.72. The molecule has 1 amide bonds. The van der Waals surface area contributed by atoms with E-state index in [4.69, 9.17) is 11.6 Å². The standard InChI is InChI=1S/C13H18ClN3O3S/c1-8(2)15-3-4-16-21(19,20)12-5-9-6-13(18)17-11(9)7-10(12)14/h5,7-8,15-16H,3-4,6H2,1-2H3,(H,17,18). The Labute approximate surface area is 129 Å². The van der Waals surface area contributed by atoms with Gasteiger partial charge in [-0.25, -0.2) is 13.1 Å². The zero-order chi connectivity index (χ0) is 15.6. The van der Waals surface area contributed by atoms with Crippen LogP contribution in [-0.2, 0) is 21.2 Å². The third-order valence-corrected chi connectivity index (χ3v) is 4.97. The number of rotatable bonds is 6. The average molecular weight is 332 g/mol. The van der Waals surface area contributed by atoms with Crippen LogP contribution in [-0.4, -0.2) is 33.5 Å². The predicted octanol–water partition coefficient (Wildman–Crippen LogP) is 1.11. The smallest absolute Gasteiger partial charge is 0.242 e. The second-order valence-electron chi connectivity index (χ2n) is 5.17. The fourth-order valence-electron chi connectivity index (χ4n) is 2.06. The van der Waals surface area contributed by atoms with Crippen molar-refractivity contribution in [2.24, 2.45) is 0 Å². The summed E-state index contributed by atoms with van der Waals surface area (Å²) in [6.45, 7) is 4.76. The first-order valence-corrected chi connectivity index (χ1v) is 8.51. The van der Waals surface area contributed by atoms with Crippen LogP contribution >= 0.6 is 11.6 Å². The third-order valence-electron chi connectivity index (χ3n) is 3.04. The van der Waals surface area contributed by atoms with Gasteiger partial charge in [-0.3, -0.25) is 4.79 Å². The number of sulfonamides is 1. The molecule has 1 aliphatic rings. The van der Waals surface area contributed by atoms with Gasteiger partial charge in [0.15, 0.2) is 0 Å². The van der Waals surface area contributed by atoms with E-state index < -0.39 is 10.0 Å². The quantitative estimate of drug-likeness (QED) is 0.681. The molecule has 1 heterocycles. The van der Waals surface area contributed by atoms with Gasteiger partial charge in [-0.15, -0.1) is 0 Å². The third kappa shape index (κ3) is 3.94. The van der Waals surface area contributed by atoms with Crippen molar-refractivity contribution in [1.82, 2.24) is 10.0 Å². The molecule has 6 nitrogen and oxygen atoms in total. The van der Waals surface area contributed by atoms with Crippen molar-refractivity contribution in [3.63, 3.8) is 0 Å². The minimum atomic E-state index is -3.69. The molecule has 0 atom stereocenters. The van der Waals surface area contributed by atoms with Gasteiger partial charge in [0.1, 0.15) is 4.90 Å². The first-order valence-electron chi connectivity index (χ1n) is 6.65. The van der Waals surface area contributed by atoms with Gasteiger partial charge in [0, 0.05) is 24.8 Å². The van der Waals surface area contributed by atoms with Crippen LogP contribution in [0.15, 0.2) is 17.0 Å². The van der Waals surface area contributed by atoms with E-state index in [1.165, 1.54) is 12.1 Å². The van der Waals surface area contributed by atoms with Crippen LogP contribution < -0.4 is 15.4 Å². The van der Waals surface area contributed by atoms with Crippen molar-refractivity contribution in [1.29, 1.82) is 0 Å². The second-order valence-corrected chi connectivity index (χ2v) is 7.31. The maximum absolute atomic E-state index is 12.3. The van der Waals surface area contributed by atoms with Gasteiger partial charge < -0.3 is 10.6 Å². The lowest BCUT2D eigenvalue weighted by molar-refractivity contribution is -0.115. The van der Waals surface area contributed by atoms with E-state index in [9.17, 15) is 13.2 Å². The SMILES string of the molecule is CC(C)NCCNS(=O)(=O)c1cc2c(cc1Cl)NC(=O)C2. The molecule has 1 aliphatic heterocycles. The number of carbonyl (C=O) groups is 1. The molecule has 21 heavy (non-hydrogen) atoms. The van der Waals surface area contributed by atoms with Gasteiger partial charge in [0.25, 0.3) is 0 Å². The van der Waals surface area contributed by atoms with Crippen LogP contribution in [0.2, 0.25) is 5.02 Å². The lowest BCUT2D eigenvalue weighted by Gasteiger charge is -2.11. The number of carbonyl (C=O) groups excluding carboxylic acids is 1. The number of halogens is 1. The van der Waals surface area contributed by atoms with Crippen LogP contribution in [0.3, 0.4) is 0 Å². The monoisotopic (exact) mass is 331 g/mol. The summed E-state index contributed by atoms with van der Waals surface area (Å²) < 4.78 is 27.0. The van der Waals surface area contributed by atoms with Crippen molar-refractivity contribution in [3.8, 4) is 0 Å². The van der Waals surface area contributed by atoms with Gasteiger partial charge in [0.05, 0.1) is 11.4 Å². The normalized spacial score (nSPS) is 14.4. The van der Waals surface area contributed by atoms with E-state index in [-0.39, 0.29) is 34.8 Å². The van der Waals surface area contributed by atoms with E-state index in [0.717, 1.165) is 0 Å². The Bertz CT molecular complexity index is 659. The molecular weight excluding hydrogens is 314 g/mol. The van der Waals surface area contributed by atoms with E-state index in [1.54, 1.807) is 0 Å². The minimum absolute atomic E-state index is 0.00367. The molecule has 0 aromatic heterocycles. The number of fused-ring (bicyclic) bond motifs is 1. The maximum atomic E-state index is 12.3. The molecule has 0 unspecified atom stereocenters. The number of nitrogens with one attached hydrogen (secondary N) is 3. The van der Waals surface area contributed by atoms with E-state index in [2.05, 4.69) is 15.4 Å². The van der Waals surface area contributed by atoms with Gasteiger partial charge in [-0.1, -0.05) is 25.4 Å². The van der Waals surface area contributed by atoms with E-state index >= 15 is 0 Å². The zero-order valence-electron chi connectivity index (χ0n) is 11.9. The van der Waals surface area contributed by atoms with Gasteiger partial charge in [0.2, 0.25) is 15.9 Å². The Morgan fingerprint density at radius 2 is 2.05 bits per heavy atom.